The summed E-state index contributed by atoms with van der Waals surface area (Å²) in [6, 6.07) is 16.2. The minimum Gasteiger partial charge on any atom is -0.452 e. The van der Waals surface area contributed by atoms with E-state index in [9.17, 15) is 0 Å². The molecule has 0 N–H and O–H groups in total. The summed E-state index contributed by atoms with van der Waals surface area (Å²) in [6.07, 6.45) is 1.92. The van der Waals surface area contributed by atoms with Crippen LogP contribution in [0.4, 0.5) is 0 Å². The second-order valence-electron chi connectivity index (χ2n) is 6.06. The molecule has 4 aromatic heterocycles. The molecule has 0 saturated carbocycles. The number of nitrogens with zero attached hydrogens (tertiary/aromatic N) is 4. The molecule has 0 spiro atoms. The molecule has 0 fully saturated rings. The molecule has 2 aromatic carbocycles. The fraction of sp³-hybridized carbons (Fsp3) is 0.0526. The van der Waals surface area contributed by atoms with Crippen molar-refractivity contribution >= 4 is 49.9 Å². The zero-order valence-corrected chi connectivity index (χ0v) is 12.9. The summed E-state index contributed by atoms with van der Waals surface area (Å²) in [6.45, 7) is 0. The van der Waals surface area contributed by atoms with E-state index in [1.165, 1.54) is 0 Å². The van der Waals surface area contributed by atoms with Crippen molar-refractivity contribution < 1.29 is 4.42 Å². The summed E-state index contributed by atoms with van der Waals surface area (Å²) in [5.74, 6) is 0.890. The van der Waals surface area contributed by atoms with Crippen molar-refractivity contribution in [2.45, 2.75) is 0 Å². The van der Waals surface area contributed by atoms with Crippen molar-refractivity contribution in [3.8, 4) is 0 Å². The molecule has 5 heteroatoms. The van der Waals surface area contributed by atoms with Gasteiger partial charge >= 0.3 is 0 Å². The van der Waals surface area contributed by atoms with Gasteiger partial charge in [0.25, 0.3) is 0 Å². The quantitative estimate of drug-likeness (QED) is 0.421. The lowest BCUT2D eigenvalue weighted by Crippen LogP contribution is -1.89. The minimum atomic E-state index is 0.811. The Kier molecular flexibility index (Phi) is 1.99. The van der Waals surface area contributed by atoms with Crippen LogP contribution in [-0.2, 0) is 7.05 Å². The van der Waals surface area contributed by atoms with Gasteiger partial charge in [-0.3, -0.25) is 4.40 Å². The number of para-hydroxylation sites is 3. The Balaban J connectivity index is 1.93. The Morgan fingerprint density at radius 1 is 0.958 bits per heavy atom. The fourth-order valence-electron chi connectivity index (χ4n) is 3.69. The summed E-state index contributed by atoms with van der Waals surface area (Å²) in [5.41, 5.74) is 6.65. The normalized spacial score (nSPS) is 12.4. The molecule has 6 rings (SSSR count). The van der Waals surface area contributed by atoms with Gasteiger partial charge in [0.2, 0.25) is 5.78 Å². The number of pyridine rings is 1. The first-order valence-electron chi connectivity index (χ1n) is 7.85. The number of imidazole rings is 2. The molecular weight excluding hydrogens is 300 g/mol. The molecular formula is C19H12N4O. The first-order chi connectivity index (χ1) is 11.8. The van der Waals surface area contributed by atoms with Gasteiger partial charge in [-0.25, -0.2) is 9.97 Å². The smallest absolute Gasteiger partial charge is 0.215 e. The van der Waals surface area contributed by atoms with Crippen molar-refractivity contribution in [3.05, 3.63) is 54.7 Å². The average molecular weight is 312 g/mol. The monoisotopic (exact) mass is 312 g/mol. The van der Waals surface area contributed by atoms with Crippen LogP contribution < -0.4 is 0 Å². The summed E-state index contributed by atoms with van der Waals surface area (Å²) in [5, 5.41) is 1.04. The van der Waals surface area contributed by atoms with Crippen molar-refractivity contribution in [2.24, 2.45) is 7.05 Å². The Morgan fingerprint density at radius 3 is 2.75 bits per heavy atom. The molecule has 0 amide bonds. The zero-order chi connectivity index (χ0) is 15.8. The van der Waals surface area contributed by atoms with Gasteiger partial charge in [0, 0.05) is 12.4 Å². The number of furan rings is 1. The highest BCUT2D eigenvalue weighted by Gasteiger charge is 2.19. The molecule has 0 aliphatic rings. The van der Waals surface area contributed by atoms with Gasteiger partial charge in [0.1, 0.15) is 16.6 Å². The van der Waals surface area contributed by atoms with Crippen LogP contribution in [0.3, 0.4) is 0 Å². The van der Waals surface area contributed by atoms with E-state index in [4.69, 9.17) is 14.4 Å². The third kappa shape index (κ3) is 1.27. The van der Waals surface area contributed by atoms with Crippen LogP contribution in [0.1, 0.15) is 0 Å². The van der Waals surface area contributed by atoms with Gasteiger partial charge in [-0.2, -0.15) is 0 Å². The van der Waals surface area contributed by atoms with Crippen LogP contribution in [0.5, 0.6) is 0 Å². The molecule has 0 saturated heterocycles. The highest BCUT2D eigenvalue weighted by atomic mass is 16.3. The van der Waals surface area contributed by atoms with Gasteiger partial charge in [-0.1, -0.05) is 24.3 Å². The third-order valence-corrected chi connectivity index (χ3v) is 4.76. The molecule has 4 heterocycles. The van der Waals surface area contributed by atoms with E-state index in [1.807, 2.05) is 55.7 Å². The Labute approximate surface area is 135 Å². The van der Waals surface area contributed by atoms with Crippen molar-refractivity contribution in [2.75, 3.05) is 0 Å². The topological polar surface area (TPSA) is 48.3 Å². The standard InChI is InChI=1S/C19H12N4O/c1-22-17-14(23-13-8-4-3-7-12(13)21-19(22)23)10-20-16-11-6-2-5-9-15(11)24-18(16)17/h2-10H,1H3. The zero-order valence-electron chi connectivity index (χ0n) is 12.9. The lowest BCUT2D eigenvalue weighted by molar-refractivity contribution is 0.669. The predicted octanol–water partition coefficient (Wildman–Crippen LogP) is 4.27. The second-order valence-corrected chi connectivity index (χ2v) is 6.06. The van der Waals surface area contributed by atoms with E-state index in [0.29, 0.717) is 0 Å². The molecule has 0 bridgehead atoms. The molecule has 0 aliphatic carbocycles. The fourth-order valence-corrected chi connectivity index (χ4v) is 3.69. The van der Waals surface area contributed by atoms with E-state index in [1.54, 1.807) is 0 Å². The number of fused-ring (bicyclic) bond motifs is 9. The summed E-state index contributed by atoms with van der Waals surface area (Å²) in [7, 11) is 2.02. The number of hydrogen-bond acceptors (Lipinski definition) is 3. The molecule has 24 heavy (non-hydrogen) atoms. The summed E-state index contributed by atoms with van der Waals surface area (Å²) >= 11 is 0. The van der Waals surface area contributed by atoms with Gasteiger partial charge in [-0.15, -0.1) is 0 Å². The Bertz CT molecular complexity index is 1420. The number of hydrogen-bond donors (Lipinski definition) is 0. The van der Waals surface area contributed by atoms with E-state index in [-0.39, 0.29) is 0 Å². The Morgan fingerprint density at radius 2 is 1.79 bits per heavy atom. The van der Waals surface area contributed by atoms with Crippen LogP contribution in [0.15, 0.2) is 59.1 Å². The number of rotatable bonds is 0. The van der Waals surface area contributed by atoms with Crippen molar-refractivity contribution in [3.63, 3.8) is 0 Å². The predicted molar refractivity (Wildman–Crippen MR) is 94.2 cm³/mol. The highest BCUT2D eigenvalue weighted by Crippen LogP contribution is 2.34. The van der Waals surface area contributed by atoms with Crippen LogP contribution in [0.2, 0.25) is 0 Å². The lowest BCUT2D eigenvalue weighted by atomic mass is 10.2. The molecule has 0 radical (unpaired) electrons. The average Bonchev–Trinajstić information content (AvgIpc) is 3.25. The molecule has 0 atom stereocenters. The highest BCUT2D eigenvalue weighted by molar-refractivity contribution is 6.12. The summed E-state index contributed by atoms with van der Waals surface area (Å²) in [4.78, 5) is 9.46. The van der Waals surface area contributed by atoms with E-state index >= 15 is 0 Å². The van der Waals surface area contributed by atoms with Gasteiger partial charge < -0.3 is 8.98 Å². The first kappa shape index (κ1) is 12.1. The molecule has 0 unspecified atom stereocenters. The maximum Gasteiger partial charge on any atom is 0.215 e. The number of benzene rings is 2. The minimum absolute atomic E-state index is 0.811. The first-order valence-corrected chi connectivity index (χ1v) is 7.85. The van der Waals surface area contributed by atoms with E-state index in [2.05, 4.69) is 15.0 Å². The maximum atomic E-state index is 6.13. The molecule has 5 nitrogen and oxygen atoms in total. The van der Waals surface area contributed by atoms with Crippen LogP contribution >= 0.6 is 0 Å². The van der Waals surface area contributed by atoms with Gasteiger partial charge in [0.05, 0.1) is 22.7 Å². The van der Waals surface area contributed by atoms with Crippen molar-refractivity contribution in [1.29, 1.82) is 0 Å². The largest absolute Gasteiger partial charge is 0.452 e. The van der Waals surface area contributed by atoms with Crippen LogP contribution in [0.25, 0.3) is 49.9 Å². The lowest BCUT2D eigenvalue weighted by Gasteiger charge is -1.97. The molecule has 0 aliphatic heterocycles. The van der Waals surface area contributed by atoms with Crippen molar-refractivity contribution in [1.82, 2.24) is 18.9 Å². The van der Waals surface area contributed by atoms with Crippen LogP contribution in [0, 0.1) is 0 Å². The van der Waals surface area contributed by atoms with Crippen LogP contribution in [-0.4, -0.2) is 18.9 Å². The second kappa shape index (κ2) is 3.94. The SMILES string of the molecule is Cn1c2c3oc4ccccc4c3ncc2n2c3ccccc3nc12. The number of aryl methyl sites for hydroxylation is 1. The van der Waals surface area contributed by atoms with E-state index < -0.39 is 0 Å². The van der Waals surface area contributed by atoms with Gasteiger partial charge in [0.15, 0.2) is 5.58 Å². The maximum absolute atomic E-state index is 6.13. The van der Waals surface area contributed by atoms with E-state index in [0.717, 1.165) is 49.9 Å². The molecule has 114 valence electrons. The number of aromatic nitrogens is 4. The summed E-state index contributed by atoms with van der Waals surface area (Å²) < 4.78 is 10.4. The Hall–Kier alpha value is -3.34. The third-order valence-electron chi connectivity index (χ3n) is 4.76. The molecule has 6 aromatic rings. The van der Waals surface area contributed by atoms with Gasteiger partial charge in [-0.05, 0) is 24.3 Å².